The fourth-order valence-corrected chi connectivity index (χ4v) is 4.33. The van der Waals surface area contributed by atoms with E-state index in [0.29, 0.717) is 24.6 Å². The predicted molar refractivity (Wildman–Crippen MR) is 129 cm³/mol. The van der Waals surface area contributed by atoms with Crippen LogP contribution < -0.4 is 14.8 Å². The molecule has 1 heterocycles. The Balaban J connectivity index is 1.38. The van der Waals surface area contributed by atoms with Crippen LogP contribution in [-0.2, 0) is 30.2 Å². The second-order valence-corrected chi connectivity index (χ2v) is 9.32. The number of amides is 1. The fraction of sp³-hybridized carbons (Fsp3) is 0.120. The topological polar surface area (TPSA) is 102 Å². The molecule has 0 spiro atoms. The number of nitrogens with zero attached hydrogens (tertiary/aromatic N) is 2. The second kappa shape index (κ2) is 10.2. The van der Waals surface area contributed by atoms with E-state index in [0.717, 1.165) is 11.1 Å². The molecule has 174 valence electrons. The van der Waals surface area contributed by atoms with Gasteiger partial charge in [0.25, 0.3) is 15.9 Å². The summed E-state index contributed by atoms with van der Waals surface area (Å²) < 4.78 is 35.6. The van der Waals surface area contributed by atoms with Crippen molar-refractivity contribution in [1.82, 2.24) is 15.1 Å². The van der Waals surface area contributed by atoms with Gasteiger partial charge >= 0.3 is 0 Å². The molecule has 34 heavy (non-hydrogen) atoms. The maximum Gasteiger partial charge on any atom is 0.261 e. The lowest BCUT2D eigenvalue weighted by atomic mass is 10.2. The van der Waals surface area contributed by atoms with E-state index >= 15 is 0 Å². The number of aryl methyl sites for hydroxylation is 1. The standard InChI is InChI=1S/C25H24N4O4S/c1-29-17-20(16-27-29)15-26-25(30)21-8-5-9-24(14-21)34(31,32)28-22-10-12-23(13-11-22)33-18-19-6-3-2-4-7-19/h2-14,16-17,28H,15,18H2,1H3,(H,26,30). The van der Waals surface area contributed by atoms with Gasteiger partial charge in [-0.25, -0.2) is 8.42 Å². The van der Waals surface area contributed by atoms with Gasteiger partial charge < -0.3 is 10.1 Å². The molecule has 0 aliphatic heterocycles. The lowest BCUT2D eigenvalue weighted by Crippen LogP contribution is -2.23. The lowest BCUT2D eigenvalue weighted by molar-refractivity contribution is 0.0950. The molecule has 0 aliphatic carbocycles. The van der Waals surface area contributed by atoms with E-state index in [9.17, 15) is 13.2 Å². The van der Waals surface area contributed by atoms with Crippen molar-refractivity contribution in [1.29, 1.82) is 0 Å². The Bertz CT molecular complexity index is 1370. The zero-order valence-corrected chi connectivity index (χ0v) is 19.3. The number of hydrogen-bond acceptors (Lipinski definition) is 5. The Labute approximate surface area is 198 Å². The number of hydrogen-bond donors (Lipinski definition) is 2. The summed E-state index contributed by atoms with van der Waals surface area (Å²) in [6, 6.07) is 22.3. The van der Waals surface area contributed by atoms with E-state index in [1.807, 2.05) is 30.3 Å². The second-order valence-electron chi connectivity index (χ2n) is 7.64. The summed E-state index contributed by atoms with van der Waals surface area (Å²) in [4.78, 5) is 12.5. The van der Waals surface area contributed by atoms with Crippen LogP contribution in [0.25, 0.3) is 0 Å². The number of benzene rings is 3. The zero-order valence-electron chi connectivity index (χ0n) is 18.5. The highest BCUT2D eigenvalue weighted by Crippen LogP contribution is 2.21. The molecular weight excluding hydrogens is 452 g/mol. The minimum atomic E-state index is -3.89. The number of ether oxygens (including phenoxy) is 1. The van der Waals surface area contributed by atoms with Gasteiger partial charge in [-0.05, 0) is 48.0 Å². The third-order valence-electron chi connectivity index (χ3n) is 4.97. The number of aromatic nitrogens is 2. The summed E-state index contributed by atoms with van der Waals surface area (Å²) >= 11 is 0. The van der Waals surface area contributed by atoms with Crippen LogP contribution in [0, 0.1) is 0 Å². The van der Waals surface area contributed by atoms with Crippen molar-refractivity contribution in [3.05, 3.63) is 108 Å². The van der Waals surface area contributed by atoms with E-state index < -0.39 is 10.0 Å². The summed E-state index contributed by atoms with van der Waals surface area (Å²) in [5.74, 6) is 0.250. The summed E-state index contributed by atoms with van der Waals surface area (Å²) in [7, 11) is -2.10. The fourth-order valence-electron chi connectivity index (χ4n) is 3.23. The van der Waals surface area contributed by atoms with Gasteiger partial charge in [0.05, 0.1) is 11.1 Å². The van der Waals surface area contributed by atoms with Crippen molar-refractivity contribution in [2.24, 2.45) is 7.05 Å². The Morgan fingerprint density at radius 1 is 0.971 bits per heavy atom. The highest BCUT2D eigenvalue weighted by atomic mass is 32.2. The average Bonchev–Trinajstić information content (AvgIpc) is 3.27. The molecule has 0 aliphatic rings. The first-order chi connectivity index (χ1) is 16.4. The monoisotopic (exact) mass is 476 g/mol. The largest absolute Gasteiger partial charge is 0.489 e. The first-order valence-electron chi connectivity index (χ1n) is 10.5. The first-order valence-corrected chi connectivity index (χ1v) is 12.0. The number of carbonyl (C=O) groups is 1. The number of rotatable bonds is 9. The Hall–Kier alpha value is -4.11. The van der Waals surface area contributed by atoms with Crippen LogP contribution in [0.3, 0.4) is 0 Å². The van der Waals surface area contributed by atoms with E-state index in [4.69, 9.17) is 4.74 Å². The summed E-state index contributed by atoms with van der Waals surface area (Å²) in [6.45, 7) is 0.710. The Morgan fingerprint density at radius 3 is 2.44 bits per heavy atom. The summed E-state index contributed by atoms with van der Waals surface area (Å²) in [6.07, 6.45) is 3.45. The molecule has 2 N–H and O–H groups in total. The highest BCUT2D eigenvalue weighted by Gasteiger charge is 2.17. The molecule has 0 atom stereocenters. The van der Waals surface area contributed by atoms with Crippen LogP contribution in [-0.4, -0.2) is 24.1 Å². The Morgan fingerprint density at radius 2 is 1.74 bits per heavy atom. The normalized spacial score (nSPS) is 11.1. The number of nitrogens with one attached hydrogen (secondary N) is 2. The van der Waals surface area contributed by atoms with Gasteiger partial charge in [0.2, 0.25) is 0 Å². The molecule has 1 aromatic heterocycles. The average molecular weight is 477 g/mol. The quantitative estimate of drug-likeness (QED) is 0.383. The van der Waals surface area contributed by atoms with Crippen LogP contribution in [0.2, 0.25) is 0 Å². The van der Waals surface area contributed by atoms with Crippen molar-refractivity contribution in [3.63, 3.8) is 0 Å². The third kappa shape index (κ3) is 6.02. The molecule has 0 saturated heterocycles. The van der Waals surface area contributed by atoms with Gasteiger partial charge in [0, 0.05) is 36.6 Å². The van der Waals surface area contributed by atoms with Crippen molar-refractivity contribution < 1.29 is 17.9 Å². The third-order valence-corrected chi connectivity index (χ3v) is 6.35. The van der Waals surface area contributed by atoms with E-state index in [-0.39, 0.29) is 16.4 Å². The molecule has 4 rings (SSSR count). The molecule has 1 amide bonds. The molecule has 3 aromatic carbocycles. The maximum absolute atomic E-state index is 12.9. The lowest BCUT2D eigenvalue weighted by Gasteiger charge is -2.11. The van der Waals surface area contributed by atoms with Gasteiger partial charge in [0.1, 0.15) is 12.4 Å². The molecule has 8 nitrogen and oxygen atoms in total. The minimum absolute atomic E-state index is 0.00840. The van der Waals surface area contributed by atoms with Gasteiger partial charge in [-0.1, -0.05) is 36.4 Å². The maximum atomic E-state index is 12.9. The van der Waals surface area contributed by atoms with E-state index in [1.165, 1.54) is 18.2 Å². The van der Waals surface area contributed by atoms with Crippen LogP contribution in [0.4, 0.5) is 5.69 Å². The van der Waals surface area contributed by atoms with Crippen LogP contribution >= 0.6 is 0 Å². The highest BCUT2D eigenvalue weighted by molar-refractivity contribution is 7.92. The number of carbonyl (C=O) groups excluding carboxylic acids is 1. The summed E-state index contributed by atoms with van der Waals surface area (Å²) in [5, 5.41) is 6.82. The smallest absolute Gasteiger partial charge is 0.261 e. The molecule has 0 radical (unpaired) electrons. The molecule has 0 unspecified atom stereocenters. The van der Waals surface area contributed by atoms with Gasteiger partial charge in [-0.15, -0.1) is 0 Å². The van der Waals surface area contributed by atoms with Crippen LogP contribution in [0.1, 0.15) is 21.5 Å². The zero-order chi connectivity index (χ0) is 24.0. The molecule has 0 fully saturated rings. The molecular formula is C25H24N4O4S. The number of sulfonamides is 1. The van der Waals surface area contributed by atoms with Gasteiger partial charge in [-0.3, -0.25) is 14.2 Å². The molecule has 4 aromatic rings. The Kier molecular flexibility index (Phi) is 6.93. The van der Waals surface area contributed by atoms with Crippen molar-refractivity contribution >= 4 is 21.6 Å². The van der Waals surface area contributed by atoms with Gasteiger partial charge in [0.15, 0.2) is 0 Å². The van der Waals surface area contributed by atoms with Crippen LogP contribution in [0.5, 0.6) is 5.75 Å². The molecule has 0 bridgehead atoms. The number of anilines is 1. The van der Waals surface area contributed by atoms with E-state index in [2.05, 4.69) is 15.1 Å². The van der Waals surface area contributed by atoms with Gasteiger partial charge in [-0.2, -0.15) is 5.10 Å². The molecule has 9 heteroatoms. The van der Waals surface area contributed by atoms with Crippen molar-refractivity contribution in [3.8, 4) is 5.75 Å². The molecule has 0 saturated carbocycles. The SMILES string of the molecule is Cn1cc(CNC(=O)c2cccc(S(=O)(=O)Nc3ccc(OCc4ccccc4)cc3)c2)cn1. The first kappa shape index (κ1) is 23.1. The van der Waals surface area contributed by atoms with Crippen LogP contribution in [0.15, 0.2) is 96.2 Å². The van der Waals surface area contributed by atoms with Crippen molar-refractivity contribution in [2.75, 3.05) is 4.72 Å². The minimum Gasteiger partial charge on any atom is -0.489 e. The van der Waals surface area contributed by atoms with E-state index in [1.54, 1.807) is 54.5 Å². The predicted octanol–water partition coefficient (Wildman–Crippen LogP) is 3.73. The summed E-state index contributed by atoms with van der Waals surface area (Å²) in [5.41, 5.74) is 2.52. The van der Waals surface area contributed by atoms with Crippen molar-refractivity contribution in [2.45, 2.75) is 18.0 Å².